The highest BCUT2D eigenvalue weighted by molar-refractivity contribution is 7.10. The lowest BCUT2D eigenvalue weighted by Gasteiger charge is -2.36. The molecule has 3 aromatic rings. The monoisotopic (exact) mass is 463 g/mol. The molecule has 174 valence electrons. The SMILES string of the molecule is O=C(NC1CCCCC1)[C@@H](c1cccs1)N(C(=O)Cc1c[nH]c2ccccc12)C1CCCC1. The summed E-state index contributed by atoms with van der Waals surface area (Å²) in [6.45, 7) is 0. The number of nitrogens with zero attached hydrogens (tertiary/aromatic N) is 1. The van der Waals surface area contributed by atoms with Crippen molar-refractivity contribution in [1.29, 1.82) is 0 Å². The smallest absolute Gasteiger partial charge is 0.248 e. The Balaban J connectivity index is 1.45. The summed E-state index contributed by atoms with van der Waals surface area (Å²) < 4.78 is 0. The zero-order valence-corrected chi connectivity index (χ0v) is 19.9. The topological polar surface area (TPSA) is 65.2 Å². The number of rotatable bonds is 7. The summed E-state index contributed by atoms with van der Waals surface area (Å²) in [5.41, 5.74) is 2.04. The van der Waals surface area contributed by atoms with Crippen LogP contribution in [0.4, 0.5) is 0 Å². The Morgan fingerprint density at radius 3 is 2.52 bits per heavy atom. The average Bonchev–Trinajstić information content (AvgIpc) is 3.61. The highest BCUT2D eigenvalue weighted by atomic mass is 32.1. The first-order chi connectivity index (χ1) is 16.2. The fraction of sp³-hybridized carbons (Fsp3) is 0.481. The van der Waals surface area contributed by atoms with Gasteiger partial charge in [0.05, 0.1) is 6.42 Å². The molecule has 5 nitrogen and oxygen atoms in total. The Morgan fingerprint density at radius 1 is 1.00 bits per heavy atom. The van der Waals surface area contributed by atoms with Crippen molar-refractivity contribution in [3.8, 4) is 0 Å². The van der Waals surface area contributed by atoms with Gasteiger partial charge in [-0.15, -0.1) is 11.3 Å². The van der Waals surface area contributed by atoms with Gasteiger partial charge in [-0.1, -0.05) is 56.4 Å². The van der Waals surface area contributed by atoms with Gasteiger partial charge in [-0.25, -0.2) is 0 Å². The second kappa shape index (κ2) is 10.1. The van der Waals surface area contributed by atoms with E-state index >= 15 is 0 Å². The van der Waals surface area contributed by atoms with E-state index < -0.39 is 6.04 Å². The van der Waals surface area contributed by atoms with Gasteiger partial charge in [0.15, 0.2) is 0 Å². The van der Waals surface area contributed by atoms with E-state index in [1.54, 1.807) is 11.3 Å². The van der Waals surface area contributed by atoms with Crippen LogP contribution in [0.3, 0.4) is 0 Å². The zero-order chi connectivity index (χ0) is 22.6. The standard InChI is InChI=1S/C27H33N3O2S/c31-25(17-19-18-28-23-14-7-6-13-22(19)23)30(21-11-4-5-12-21)26(24-15-8-16-33-24)27(32)29-20-9-2-1-3-10-20/h6-8,13-16,18,20-21,26,28H,1-5,9-12,17H2,(H,29,32)/t26-/m1/s1. The Hall–Kier alpha value is -2.60. The third-order valence-corrected chi connectivity index (χ3v) is 8.24. The summed E-state index contributed by atoms with van der Waals surface area (Å²) in [6, 6.07) is 11.9. The molecule has 5 rings (SSSR count). The summed E-state index contributed by atoms with van der Waals surface area (Å²) in [5.74, 6) is 0.0346. The number of carbonyl (C=O) groups excluding carboxylic acids is 2. The molecule has 33 heavy (non-hydrogen) atoms. The predicted octanol–water partition coefficient (Wildman–Crippen LogP) is 5.73. The molecular formula is C27H33N3O2S. The van der Waals surface area contributed by atoms with Gasteiger partial charge >= 0.3 is 0 Å². The normalized spacial score (nSPS) is 18.4. The van der Waals surface area contributed by atoms with Crippen LogP contribution >= 0.6 is 11.3 Å². The molecule has 1 aromatic carbocycles. The third-order valence-electron chi connectivity index (χ3n) is 7.31. The van der Waals surface area contributed by atoms with Gasteiger partial charge in [0.1, 0.15) is 6.04 Å². The van der Waals surface area contributed by atoms with Gasteiger partial charge in [0, 0.05) is 34.1 Å². The lowest BCUT2D eigenvalue weighted by Crippen LogP contribution is -2.50. The summed E-state index contributed by atoms with van der Waals surface area (Å²) in [5, 5.41) is 6.41. The number of aromatic nitrogens is 1. The fourth-order valence-electron chi connectivity index (χ4n) is 5.64. The number of carbonyl (C=O) groups is 2. The van der Waals surface area contributed by atoms with Crippen molar-refractivity contribution in [2.75, 3.05) is 0 Å². The Kier molecular flexibility index (Phi) is 6.81. The number of hydrogen-bond donors (Lipinski definition) is 2. The summed E-state index contributed by atoms with van der Waals surface area (Å²) in [7, 11) is 0. The molecule has 2 aromatic heterocycles. The number of nitrogens with one attached hydrogen (secondary N) is 2. The van der Waals surface area contributed by atoms with E-state index in [0.717, 1.165) is 59.9 Å². The van der Waals surface area contributed by atoms with Crippen LogP contribution in [0.25, 0.3) is 10.9 Å². The lowest BCUT2D eigenvalue weighted by molar-refractivity contribution is -0.143. The maximum atomic E-state index is 13.9. The van der Waals surface area contributed by atoms with Gasteiger partial charge in [-0.2, -0.15) is 0 Å². The second-order valence-electron chi connectivity index (χ2n) is 9.54. The predicted molar refractivity (Wildman–Crippen MR) is 133 cm³/mol. The first-order valence-electron chi connectivity index (χ1n) is 12.4. The second-order valence-corrected chi connectivity index (χ2v) is 10.5. The third kappa shape index (κ3) is 4.86. The van der Waals surface area contributed by atoms with Crippen molar-refractivity contribution in [2.45, 2.75) is 82.3 Å². The van der Waals surface area contributed by atoms with Crippen LogP contribution < -0.4 is 5.32 Å². The van der Waals surface area contributed by atoms with Crippen LogP contribution in [-0.4, -0.2) is 33.8 Å². The van der Waals surface area contributed by atoms with Crippen molar-refractivity contribution in [2.24, 2.45) is 0 Å². The van der Waals surface area contributed by atoms with E-state index in [1.165, 1.54) is 19.3 Å². The van der Waals surface area contributed by atoms with Crippen molar-refractivity contribution in [1.82, 2.24) is 15.2 Å². The number of amides is 2. The number of para-hydroxylation sites is 1. The molecule has 0 saturated heterocycles. The Bertz CT molecular complexity index is 1080. The van der Waals surface area contributed by atoms with E-state index in [-0.39, 0.29) is 23.9 Å². The first kappa shape index (κ1) is 22.2. The quantitative estimate of drug-likeness (QED) is 0.470. The molecule has 2 amide bonds. The molecule has 6 heteroatoms. The number of fused-ring (bicyclic) bond motifs is 1. The summed E-state index contributed by atoms with van der Waals surface area (Å²) in [6.07, 6.45) is 12.1. The molecule has 0 bridgehead atoms. The first-order valence-corrected chi connectivity index (χ1v) is 13.3. The van der Waals surface area contributed by atoms with Crippen LogP contribution in [0.1, 0.15) is 74.3 Å². The zero-order valence-electron chi connectivity index (χ0n) is 19.1. The average molecular weight is 464 g/mol. The van der Waals surface area contributed by atoms with E-state index in [9.17, 15) is 9.59 Å². The van der Waals surface area contributed by atoms with Crippen molar-refractivity contribution in [3.63, 3.8) is 0 Å². The largest absolute Gasteiger partial charge is 0.361 e. The van der Waals surface area contributed by atoms with Gasteiger partial charge in [-0.3, -0.25) is 9.59 Å². The molecule has 0 unspecified atom stereocenters. The maximum absolute atomic E-state index is 13.9. The number of hydrogen-bond acceptors (Lipinski definition) is 3. The minimum Gasteiger partial charge on any atom is -0.361 e. The molecule has 2 fully saturated rings. The van der Waals surface area contributed by atoms with Crippen LogP contribution in [-0.2, 0) is 16.0 Å². The van der Waals surface area contributed by atoms with Gasteiger partial charge < -0.3 is 15.2 Å². The molecule has 2 aliphatic rings. The minimum absolute atomic E-state index is 0.0106. The van der Waals surface area contributed by atoms with Crippen LogP contribution in [0, 0.1) is 0 Å². The molecule has 0 radical (unpaired) electrons. The Labute approximate surface area is 199 Å². The molecule has 2 aliphatic carbocycles. The highest BCUT2D eigenvalue weighted by Crippen LogP contribution is 2.35. The van der Waals surface area contributed by atoms with Crippen molar-refractivity contribution in [3.05, 3.63) is 58.4 Å². The Morgan fingerprint density at radius 2 is 1.76 bits per heavy atom. The molecule has 2 N–H and O–H groups in total. The number of benzene rings is 1. The summed E-state index contributed by atoms with van der Waals surface area (Å²) >= 11 is 1.58. The molecule has 1 atom stereocenters. The van der Waals surface area contributed by atoms with E-state index in [4.69, 9.17) is 0 Å². The number of aromatic amines is 1. The van der Waals surface area contributed by atoms with Crippen LogP contribution in [0.5, 0.6) is 0 Å². The maximum Gasteiger partial charge on any atom is 0.248 e. The van der Waals surface area contributed by atoms with Crippen molar-refractivity contribution < 1.29 is 9.59 Å². The van der Waals surface area contributed by atoms with E-state index in [0.29, 0.717) is 6.42 Å². The van der Waals surface area contributed by atoms with Crippen molar-refractivity contribution >= 4 is 34.1 Å². The molecule has 2 heterocycles. The van der Waals surface area contributed by atoms with E-state index in [1.807, 2.05) is 46.8 Å². The molecular weight excluding hydrogens is 430 g/mol. The van der Waals surface area contributed by atoms with Crippen LogP contribution in [0.15, 0.2) is 48.0 Å². The number of H-pyrrole nitrogens is 1. The highest BCUT2D eigenvalue weighted by Gasteiger charge is 2.38. The molecule has 0 spiro atoms. The number of thiophene rings is 1. The lowest BCUT2D eigenvalue weighted by atomic mass is 9.95. The minimum atomic E-state index is -0.548. The van der Waals surface area contributed by atoms with Crippen LogP contribution in [0.2, 0.25) is 0 Å². The van der Waals surface area contributed by atoms with E-state index in [2.05, 4.69) is 16.4 Å². The van der Waals surface area contributed by atoms with Gasteiger partial charge in [-0.05, 0) is 48.8 Å². The van der Waals surface area contributed by atoms with Gasteiger partial charge in [0.25, 0.3) is 0 Å². The molecule has 0 aliphatic heterocycles. The van der Waals surface area contributed by atoms with Gasteiger partial charge in [0.2, 0.25) is 11.8 Å². The molecule has 2 saturated carbocycles. The summed E-state index contributed by atoms with van der Waals surface area (Å²) in [4.78, 5) is 33.8. The fourth-order valence-corrected chi connectivity index (χ4v) is 6.46.